The van der Waals surface area contributed by atoms with E-state index < -0.39 is 24.0 Å². The maximum Gasteiger partial charge on any atom is 0.573 e. The number of anilines is 1. The van der Waals surface area contributed by atoms with E-state index in [2.05, 4.69) is 4.74 Å². The quantitative estimate of drug-likeness (QED) is 0.780. The molecule has 0 saturated carbocycles. The molecule has 0 aliphatic carbocycles. The van der Waals surface area contributed by atoms with Crippen LogP contribution in [0.1, 0.15) is 0 Å². The van der Waals surface area contributed by atoms with Gasteiger partial charge < -0.3 is 15.2 Å². The molecular formula is C9H6F3NO4. The Morgan fingerprint density at radius 3 is 2.12 bits per heavy atom. The number of alkyl halides is 3. The molecule has 1 rings (SSSR count). The summed E-state index contributed by atoms with van der Waals surface area (Å²) in [6, 6.07) is 4.07. The Balaban J connectivity index is 2.68. The predicted molar refractivity (Wildman–Crippen MR) is 49.4 cm³/mol. The molecule has 8 heteroatoms. The van der Waals surface area contributed by atoms with Crippen molar-refractivity contribution in [3.8, 4) is 5.75 Å². The summed E-state index contributed by atoms with van der Waals surface area (Å²) >= 11 is 0. The monoisotopic (exact) mass is 249 g/mol. The van der Waals surface area contributed by atoms with Gasteiger partial charge in [0.1, 0.15) is 5.75 Å². The Hall–Kier alpha value is -2.25. The van der Waals surface area contributed by atoms with Crippen LogP contribution in [0.2, 0.25) is 0 Å². The number of benzene rings is 1. The number of carboxylic acid groups (broad SMARTS) is 1. The second kappa shape index (κ2) is 4.73. The van der Waals surface area contributed by atoms with Crippen LogP contribution in [-0.4, -0.2) is 23.3 Å². The summed E-state index contributed by atoms with van der Waals surface area (Å²) in [4.78, 5) is 20.9. The second-order valence-electron chi connectivity index (χ2n) is 2.83. The van der Waals surface area contributed by atoms with Crippen molar-refractivity contribution in [1.29, 1.82) is 0 Å². The topological polar surface area (TPSA) is 75.6 Å². The standard InChI is InChI=1S/C9H6F3NO4/c10-9(11,12)17-6-3-1-5(2-4-6)13-7(14)8(15)16/h1-4H,(H,13,14)(H,15,16). The maximum absolute atomic E-state index is 11.8. The van der Waals surface area contributed by atoms with Crippen molar-refractivity contribution in [2.45, 2.75) is 6.36 Å². The highest BCUT2D eigenvalue weighted by molar-refractivity contribution is 6.36. The van der Waals surface area contributed by atoms with Crippen molar-refractivity contribution < 1.29 is 32.6 Å². The largest absolute Gasteiger partial charge is 0.573 e. The highest BCUT2D eigenvalue weighted by atomic mass is 19.4. The van der Waals surface area contributed by atoms with Gasteiger partial charge in [-0.1, -0.05) is 0 Å². The summed E-state index contributed by atoms with van der Waals surface area (Å²) in [5, 5.41) is 10.2. The molecule has 92 valence electrons. The fraction of sp³-hybridized carbons (Fsp3) is 0.111. The van der Waals surface area contributed by atoms with Crippen molar-refractivity contribution >= 4 is 17.6 Å². The first-order valence-corrected chi connectivity index (χ1v) is 4.18. The van der Waals surface area contributed by atoms with Crippen LogP contribution < -0.4 is 10.1 Å². The summed E-state index contributed by atoms with van der Waals surface area (Å²) in [5.74, 6) is -3.44. The number of carbonyl (C=O) groups excluding carboxylic acids is 1. The number of aliphatic carboxylic acids is 1. The minimum Gasteiger partial charge on any atom is -0.474 e. The minimum absolute atomic E-state index is 0.0481. The lowest BCUT2D eigenvalue weighted by molar-refractivity contribution is -0.274. The summed E-state index contributed by atoms with van der Waals surface area (Å²) in [7, 11) is 0. The van der Waals surface area contributed by atoms with E-state index in [1.54, 1.807) is 0 Å². The van der Waals surface area contributed by atoms with E-state index in [0.717, 1.165) is 24.3 Å². The number of amides is 1. The summed E-state index contributed by atoms with van der Waals surface area (Å²) in [6.45, 7) is 0. The van der Waals surface area contributed by atoms with E-state index in [4.69, 9.17) is 5.11 Å². The number of ether oxygens (including phenoxy) is 1. The summed E-state index contributed by atoms with van der Waals surface area (Å²) in [5.41, 5.74) is 0.0481. The fourth-order valence-corrected chi connectivity index (χ4v) is 0.925. The molecular weight excluding hydrogens is 243 g/mol. The first kappa shape index (κ1) is 12.8. The van der Waals surface area contributed by atoms with Crippen LogP contribution in [0.3, 0.4) is 0 Å². The van der Waals surface area contributed by atoms with Gasteiger partial charge >= 0.3 is 18.2 Å². The van der Waals surface area contributed by atoms with Gasteiger partial charge in [0.25, 0.3) is 0 Å². The van der Waals surface area contributed by atoms with Crippen LogP contribution >= 0.6 is 0 Å². The Bertz CT molecular complexity index is 427. The van der Waals surface area contributed by atoms with Gasteiger partial charge in [-0.05, 0) is 24.3 Å². The van der Waals surface area contributed by atoms with Crippen molar-refractivity contribution in [1.82, 2.24) is 0 Å². The van der Waals surface area contributed by atoms with Crippen molar-refractivity contribution in [2.75, 3.05) is 5.32 Å². The first-order valence-electron chi connectivity index (χ1n) is 4.18. The molecule has 0 spiro atoms. The third-order valence-corrected chi connectivity index (χ3v) is 1.54. The molecule has 0 saturated heterocycles. The molecule has 0 atom stereocenters. The maximum atomic E-state index is 11.8. The summed E-state index contributed by atoms with van der Waals surface area (Å²) < 4.78 is 38.9. The average Bonchev–Trinajstić information content (AvgIpc) is 2.18. The molecule has 0 unspecified atom stereocenters. The smallest absolute Gasteiger partial charge is 0.474 e. The molecule has 0 aliphatic heterocycles. The fourth-order valence-electron chi connectivity index (χ4n) is 0.925. The Morgan fingerprint density at radius 1 is 1.18 bits per heavy atom. The third-order valence-electron chi connectivity index (χ3n) is 1.54. The van der Waals surface area contributed by atoms with Gasteiger partial charge in [0.2, 0.25) is 0 Å². The lowest BCUT2D eigenvalue weighted by atomic mass is 10.3. The van der Waals surface area contributed by atoms with E-state index in [1.807, 2.05) is 5.32 Å². The van der Waals surface area contributed by atoms with Crippen molar-refractivity contribution in [3.63, 3.8) is 0 Å². The zero-order valence-corrected chi connectivity index (χ0v) is 8.12. The highest BCUT2D eigenvalue weighted by Crippen LogP contribution is 2.23. The van der Waals surface area contributed by atoms with Crippen LogP contribution in [0, 0.1) is 0 Å². The van der Waals surface area contributed by atoms with Gasteiger partial charge in [-0.15, -0.1) is 13.2 Å². The van der Waals surface area contributed by atoms with Crippen LogP contribution in [-0.2, 0) is 9.59 Å². The molecule has 1 amide bonds. The molecule has 1 aromatic carbocycles. The Morgan fingerprint density at radius 2 is 1.71 bits per heavy atom. The van der Waals surface area contributed by atoms with E-state index >= 15 is 0 Å². The molecule has 0 aromatic heterocycles. The lowest BCUT2D eigenvalue weighted by Crippen LogP contribution is -2.21. The normalized spacial score (nSPS) is 10.8. The number of hydrogen-bond acceptors (Lipinski definition) is 3. The van der Waals surface area contributed by atoms with E-state index in [0.29, 0.717) is 0 Å². The number of rotatable bonds is 2. The molecule has 0 fully saturated rings. The first-order chi connectivity index (χ1) is 7.78. The molecule has 17 heavy (non-hydrogen) atoms. The van der Waals surface area contributed by atoms with Gasteiger partial charge in [-0.25, -0.2) is 4.79 Å². The van der Waals surface area contributed by atoms with E-state index in [9.17, 15) is 22.8 Å². The van der Waals surface area contributed by atoms with Gasteiger partial charge in [0.15, 0.2) is 0 Å². The van der Waals surface area contributed by atoms with Crippen LogP contribution in [0.5, 0.6) is 5.75 Å². The molecule has 0 radical (unpaired) electrons. The average molecular weight is 249 g/mol. The van der Waals surface area contributed by atoms with Crippen LogP contribution in [0.15, 0.2) is 24.3 Å². The molecule has 0 aliphatic rings. The molecule has 0 heterocycles. The lowest BCUT2D eigenvalue weighted by Gasteiger charge is -2.09. The van der Waals surface area contributed by atoms with E-state index in [1.165, 1.54) is 0 Å². The Kier molecular flexibility index (Phi) is 3.56. The highest BCUT2D eigenvalue weighted by Gasteiger charge is 2.30. The number of halogens is 3. The number of nitrogens with one attached hydrogen (secondary N) is 1. The summed E-state index contributed by atoms with van der Waals surface area (Å²) in [6.07, 6.45) is -4.80. The Labute approximate surface area is 92.8 Å². The van der Waals surface area contributed by atoms with Crippen molar-refractivity contribution in [3.05, 3.63) is 24.3 Å². The second-order valence-corrected chi connectivity index (χ2v) is 2.83. The zero-order valence-electron chi connectivity index (χ0n) is 8.12. The minimum atomic E-state index is -4.80. The number of carboxylic acids is 1. The molecule has 2 N–H and O–H groups in total. The molecule has 5 nitrogen and oxygen atoms in total. The molecule has 1 aromatic rings. The third kappa shape index (κ3) is 4.41. The molecule has 0 bridgehead atoms. The zero-order chi connectivity index (χ0) is 13.1. The van der Waals surface area contributed by atoms with E-state index in [-0.39, 0.29) is 5.69 Å². The predicted octanol–water partition coefficient (Wildman–Crippen LogP) is 1.61. The van der Waals surface area contributed by atoms with Gasteiger partial charge in [0.05, 0.1) is 0 Å². The van der Waals surface area contributed by atoms with Crippen LogP contribution in [0.4, 0.5) is 18.9 Å². The van der Waals surface area contributed by atoms with Crippen LogP contribution in [0.25, 0.3) is 0 Å². The number of carbonyl (C=O) groups is 2. The number of hydrogen-bond donors (Lipinski definition) is 2. The van der Waals surface area contributed by atoms with Gasteiger partial charge in [-0.3, -0.25) is 4.79 Å². The van der Waals surface area contributed by atoms with Crippen molar-refractivity contribution in [2.24, 2.45) is 0 Å². The SMILES string of the molecule is O=C(O)C(=O)Nc1ccc(OC(F)(F)F)cc1. The van der Waals surface area contributed by atoms with Gasteiger partial charge in [0, 0.05) is 5.69 Å². The van der Waals surface area contributed by atoms with Gasteiger partial charge in [-0.2, -0.15) is 0 Å².